The standard InChI is InChI=1S/C20H17Cl2N3O2S2/c21-14-5-3-6-15(9-14)24-18(26)11-28-12-19(27)25-20-23-10-16(29-20)8-13-4-1-2-7-17(13)22/h1-7,9-10H,8,11-12H2,(H,24,26)(H,23,25,27). The maximum atomic E-state index is 12.1. The normalized spacial score (nSPS) is 10.6. The molecule has 5 nitrogen and oxygen atoms in total. The lowest BCUT2D eigenvalue weighted by Gasteiger charge is -2.05. The van der Waals surface area contributed by atoms with Crippen molar-refractivity contribution in [2.24, 2.45) is 0 Å². The van der Waals surface area contributed by atoms with Crippen molar-refractivity contribution in [2.45, 2.75) is 6.42 Å². The Morgan fingerprint density at radius 2 is 1.76 bits per heavy atom. The number of halogens is 2. The molecule has 0 spiro atoms. The number of benzene rings is 2. The molecule has 1 heterocycles. The van der Waals surface area contributed by atoms with E-state index >= 15 is 0 Å². The number of nitrogens with zero attached hydrogens (tertiary/aromatic N) is 1. The zero-order valence-electron chi connectivity index (χ0n) is 15.2. The molecule has 3 rings (SSSR count). The Hall–Kier alpha value is -2.06. The van der Waals surface area contributed by atoms with Crippen LogP contribution in [0.3, 0.4) is 0 Å². The number of nitrogens with one attached hydrogen (secondary N) is 2. The van der Waals surface area contributed by atoms with Crippen molar-refractivity contribution >= 4 is 68.9 Å². The summed E-state index contributed by atoms with van der Waals surface area (Å²) in [5, 5.41) is 7.28. The molecular weight excluding hydrogens is 449 g/mol. The predicted molar refractivity (Wildman–Crippen MR) is 122 cm³/mol. The van der Waals surface area contributed by atoms with Gasteiger partial charge >= 0.3 is 0 Å². The van der Waals surface area contributed by atoms with E-state index in [9.17, 15) is 9.59 Å². The van der Waals surface area contributed by atoms with Crippen molar-refractivity contribution in [1.82, 2.24) is 4.98 Å². The number of aromatic nitrogens is 1. The smallest absolute Gasteiger partial charge is 0.236 e. The molecule has 150 valence electrons. The van der Waals surface area contributed by atoms with Gasteiger partial charge in [0.15, 0.2) is 5.13 Å². The molecule has 0 atom stereocenters. The van der Waals surface area contributed by atoms with E-state index < -0.39 is 0 Å². The molecule has 0 aliphatic heterocycles. The van der Waals surface area contributed by atoms with E-state index in [4.69, 9.17) is 23.2 Å². The number of thiazole rings is 1. The fraction of sp³-hybridized carbons (Fsp3) is 0.150. The van der Waals surface area contributed by atoms with Gasteiger partial charge in [-0.25, -0.2) is 4.98 Å². The molecule has 1 aromatic heterocycles. The number of carbonyl (C=O) groups excluding carboxylic acids is 2. The monoisotopic (exact) mass is 465 g/mol. The Morgan fingerprint density at radius 3 is 2.52 bits per heavy atom. The molecule has 0 fully saturated rings. The third-order valence-corrected chi connectivity index (χ3v) is 6.15. The number of rotatable bonds is 8. The largest absolute Gasteiger partial charge is 0.325 e. The van der Waals surface area contributed by atoms with Crippen LogP contribution >= 0.6 is 46.3 Å². The fourth-order valence-corrected chi connectivity index (χ4v) is 4.29. The summed E-state index contributed by atoms with van der Waals surface area (Å²) < 4.78 is 0. The van der Waals surface area contributed by atoms with Crippen molar-refractivity contribution in [2.75, 3.05) is 22.1 Å². The van der Waals surface area contributed by atoms with Gasteiger partial charge in [0.25, 0.3) is 0 Å². The van der Waals surface area contributed by atoms with Gasteiger partial charge in [-0.05, 0) is 29.8 Å². The summed E-state index contributed by atoms with van der Waals surface area (Å²) in [6.07, 6.45) is 2.39. The highest BCUT2D eigenvalue weighted by atomic mass is 35.5. The van der Waals surface area contributed by atoms with Gasteiger partial charge in [-0.1, -0.05) is 47.5 Å². The summed E-state index contributed by atoms with van der Waals surface area (Å²) >= 11 is 14.7. The van der Waals surface area contributed by atoms with Crippen LogP contribution in [0.5, 0.6) is 0 Å². The molecule has 0 aliphatic carbocycles. The lowest BCUT2D eigenvalue weighted by atomic mass is 10.1. The Bertz CT molecular complexity index is 1010. The number of thioether (sulfide) groups is 1. The van der Waals surface area contributed by atoms with Crippen LogP contribution in [0.15, 0.2) is 54.7 Å². The molecule has 0 saturated carbocycles. The minimum Gasteiger partial charge on any atom is -0.325 e. The van der Waals surface area contributed by atoms with E-state index in [0.29, 0.717) is 27.3 Å². The van der Waals surface area contributed by atoms with Crippen LogP contribution in [0.1, 0.15) is 10.4 Å². The topological polar surface area (TPSA) is 71.1 Å². The maximum Gasteiger partial charge on any atom is 0.236 e. The average Bonchev–Trinajstić information content (AvgIpc) is 3.10. The third kappa shape index (κ3) is 7.04. The molecule has 0 bridgehead atoms. The lowest BCUT2D eigenvalue weighted by Crippen LogP contribution is -2.18. The average molecular weight is 466 g/mol. The minimum absolute atomic E-state index is 0.155. The van der Waals surface area contributed by atoms with Crippen LogP contribution in [0.25, 0.3) is 0 Å². The van der Waals surface area contributed by atoms with Crippen LogP contribution in [0.2, 0.25) is 10.0 Å². The maximum absolute atomic E-state index is 12.1. The Kier molecular flexibility index (Phi) is 7.94. The summed E-state index contributed by atoms with van der Waals surface area (Å²) in [6, 6.07) is 14.5. The van der Waals surface area contributed by atoms with Crippen LogP contribution in [0, 0.1) is 0 Å². The van der Waals surface area contributed by atoms with Crippen LogP contribution in [-0.4, -0.2) is 28.3 Å². The number of hydrogen-bond donors (Lipinski definition) is 2. The number of anilines is 2. The van der Waals surface area contributed by atoms with Crippen molar-refractivity contribution in [3.05, 3.63) is 75.2 Å². The number of amides is 2. The minimum atomic E-state index is -0.204. The third-order valence-electron chi connectivity index (χ3n) is 3.70. The summed E-state index contributed by atoms with van der Waals surface area (Å²) in [5.74, 6) is -0.0802. The zero-order chi connectivity index (χ0) is 20.6. The second kappa shape index (κ2) is 10.6. The molecule has 29 heavy (non-hydrogen) atoms. The van der Waals surface area contributed by atoms with E-state index in [1.54, 1.807) is 30.5 Å². The first-order valence-corrected chi connectivity index (χ1v) is 11.3. The molecule has 3 aromatic rings. The predicted octanol–water partition coefficient (Wildman–Crippen LogP) is 5.35. The van der Waals surface area contributed by atoms with Crippen LogP contribution in [0.4, 0.5) is 10.8 Å². The molecule has 2 N–H and O–H groups in total. The number of hydrogen-bond acceptors (Lipinski definition) is 5. The summed E-state index contributed by atoms with van der Waals surface area (Å²) in [7, 11) is 0. The van der Waals surface area contributed by atoms with Crippen LogP contribution < -0.4 is 10.6 Å². The van der Waals surface area contributed by atoms with Gasteiger partial charge in [0.05, 0.1) is 11.5 Å². The SMILES string of the molecule is O=C(CSCC(=O)Nc1ncc(Cc2ccccc2Cl)s1)Nc1cccc(Cl)c1. The summed E-state index contributed by atoms with van der Waals surface area (Å²) in [6.45, 7) is 0. The van der Waals surface area contributed by atoms with Gasteiger partial charge in [0.1, 0.15) is 0 Å². The van der Waals surface area contributed by atoms with E-state index in [0.717, 1.165) is 10.4 Å². The van der Waals surface area contributed by atoms with E-state index in [1.807, 2.05) is 24.3 Å². The molecule has 0 radical (unpaired) electrons. The van der Waals surface area contributed by atoms with Crippen molar-refractivity contribution < 1.29 is 9.59 Å². The lowest BCUT2D eigenvalue weighted by molar-refractivity contribution is -0.114. The first kappa shape index (κ1) is 21.6. The number of carbonyl (C=O) groups is 2. The van der Waals surface area contributed by atoms with Gasteiger partial charge < -0.3 is 10.6 Å². The van der Waals surface area contributed by atoms with E-state index in [-0.39, 0.29) is 23.3 Å². The second-order valence-corrected chi connectivity index (χ2v) is 8.94. The molecule has 0 saturated heterocycles. The molecule has 0 unspecified atom stereocenters. The fourth-order valence-electron chi connectivity index (χ4n) is 2.43. The first-order valence-electron chi connectivity index (χ1n) is 8.61. The Labute approximate surface area is 186 Å². The second-order valence-electron chi connectivity index (χ2n) is 6.00. The summed E-state index contributed by atoms with van der Waals surface area (Å²) in [5.41, 5.74) is 1.64. The molecule has 2 amide bonds. The quantitative estimate of drug-likeness (QED) is 0.470. The van der Waals surface area contributed by atoms with Crippen molar-refractivity contribution in [1.29, 1.82) is 0 Å². The molecule has 9 heteroatoms. The Balaban J connectivity index is 1.41. The van der Waals surface area contributed by atoms with Gasteiger partial charge in [-0.3, -0.25) is 9.59 Å². The van der Waals surface area contributed by atoms with E-state index in [2.05, 4.69) is 15.6 Å². The molecule has 2 aromatic carbocycles. The first-order chi connectivity index (χ1) is 14.0. The van der Waals surface area contributed by atoms with Gasteiger partial charge in [-0.2, -0.15) is 0 Å². The van der Waals surface area contributed by atoms with Crippen LogP contribution in [-0.2, 0) is 16.0 Å². The van der Waals surface area contributed by atoms with Crippen molar-refractivity contribution in [3.63, 3.8) is 0 Å². The van der Waals surface area contributed by atoms with E-state index in [1.165, 1.54) is 23.1 Å². The summed E-state index contributed by atoms with van der Waals surface area (Å²) in [4.78, 5) is 29.3. The highest BCUT2D eigenvalue weighted by Crippen LogP contribution is 2.24. The highest BCUT2D eigenvalue weighted by Gasteiger charge is 2.10. The van der Waals surface area contributed by atoms with Crippen molar-refractivity contribution in [3.8, 4) is 0 Å². The Morgan fingerprint density at radius 1 is 1.00 bits per heavy atom. The molecular formula is C20H17Cl2N3O2S2. The van der Waals surface area contributed by atoms with Gasteiger partial charge in [0.2, 0.25) is 11.8 Å². The van der Waals surface area contributed by atoms with Gasteiger partial charge in [-0.15, -0.1) is 23.1 Å². The molecule has 0 aliphatic rings. The zero-order valence-corrected chi connectivity index (χ0v) is 18.3. The van der Waals surface area contributed by atoms with Gasteiger partial charge in [0, 0.05) is 33.2 Å². The highest BCUT2D eigenvalue weighted by molar-refractivity contribution is 8.00.